The van der Waals surface area contributed by atoms with Gasteiger partial charge < -0.3 is 9.47 Å². The van der Waals surface area contributed by atoms with Crippen molar-refractivity contribution < 1.29 is 19.1 Å². The Morgan fingerprint density at radius 3 is 2.67 bits per heavy atom. The van der Waals surface area contributed by atoms with Crippen LogP contribution in [0.25, 0.3) is 0 Å². The van der Waals surface area contributed by atoms with Gasteiger partial charge in [0.2, 0.25) is 0 Å². The van der Waals surface area contributed by atoms with Crippen LogP contribution in [0.15, 0.2) is 0 Å². The number of ether oxygens (including phenoxy) is 2. The van der Waals surface area contributed by atoms with Gasteiger partial charge in [-0.1, -0.05) is 0 Å². The minimum Gasteiger partial charge on any atom is -0.469 e. The van der Waals surface area contributed by atoms with Crippen molar-refractivity contribution in [2.75, 3.05) is 13.7 Å². The second kappa shape index (κ2) is 3.56. The highest BCUT2D eigenvalue weighted by atomic mass is 16.5. The van der Waals surface area contributed by atoms with Gasteiger partial charge in [0.25, 0.3) is 0 Å². The molecule has 4 heteroatoms. The van der Waals surface area contributed by atoms with Gasteiger partial charge in [0.05, 0.1) is 19.6 Å². The number of esters is 2. The number of rotatable bonds is 3. The minimum atomic E-state index is -0.300. The van der Waals surface area contributed by atoms with Crippen LogP contribution in [-0.4, -0.2) is 25.7 Å². The third-order valence-electron chi connectivity index (χ3n) is 1.93. The molecule has 0 radical (unpaired) electrons. The Morgan fingerprint density at radius 1 is 1.50 bits per heavy atom. The average Bonchev–Trinajstić information content (AvgIpc) is 2.78. The summed E-state index contributed by atoms with van der Waals surface area (Å²) in [5.41, 5.74) is 0. The topological polar surface area (TPSA) is 52.6 Å². The van der Waals surface area contributed by atoms with E-state index in [1.54, 1.807) is 0 Å². The van der Waals surface area contributed by atoms with Crippen molar-refractivity contribution in [1.29, 1.82) is 0 Å². The van der Waals surface area contributed by atoms with E-state index in [9.17, 15) is 9.59 Å². The first-order valence-electron chi connectivity index (χ1n) is 3.86. The van der Waals surface area contributed by atoms with Crippen molar-refractivity contribution in [2.24, 2.45) is 11.8 Å². The van der Waals surface area contributed by atoms with E-state index in [4.69, 9.17) is 4.74 Å². The van der Waals surface area contributed by atoms with Gasteiger partial charge in [-0.25, -0.2) is 0 Å². The molecule has 1 aliphatic carbocycles. The first-order chi connectivity index (χ1) is 5.65. The monoisotopic (exact) mass is 172 g/mol. The SMILES string of the molecule is COC(=O)C1CC1COC(C)=O. The summed E-state index contributed by atoms with van der Waals surface area (Å²) < 4.78 is 9.28. The molecule has 2 atom stereocenters. The Kier molecular flexibility index (Phi) is 2.68. The molecular weight excluding hydrogens is 160 g/mol. The first-order valence-corrected chi connectivity index (χ1v) is 3.86. The smallest absolute Gasteiger partial charge is 0.309 e. The van der Waals surface area contributed by atoms with Crippen molar-refractivity contribution in [3.05, 3.63) is 0 Å². The lowest BCUT2D eigenvalue weighted by Crippen LogP contribution is -2.08. The summed E-state index contributed by atoms with van der Waals surface area (Å²) in [5, 5.41) is 0. The van der Waals surface area contributed by atoms with Crippen molar-refractivity contribution in [3.63, 3.8) is 0 Å². The maximum atomic E-state index is 10.9. The van der Waals surface area contributed by atoms with Gasteiger partial charge in [0.1, 0.15) is 0 Å². The summed E-state index contributed by atoms with van der Waals surface area (Å²) in [6.45, 7) is 1.70. The summed E-state index contributed by atoms with van der Waals surface area (Å²) in [5.74, 6) is -0.367. The highest BCUT2D eigenvalue weighted by Gasteiger charge is 2.44. The summed E-state index contributed by atoms with van der Waals surface area (Å²) in [6.07, 6.45) is 0.778. The molecule has 1 fully saturated rings. The zero-order valence-electron chi connectivity index (χ0n) is 7.20. The first kappa shape index (κ1) is 9.03. The standard InChI is InChI=1S/C8H12O4/c1-5(9)12-4-6-3-7(6)8(10)11-2/h6-7H,3-4H2,1-2H3. The van der Waals surface area contributed by atoms with Gasteiger partial charge in [0, 0.05) is 12.8 Å². The summed E-state index contributed by atoms with van der Waals surface area (Å²) in [6, 6.07) is 0. The molecule has 2 unspecified atom stereocenters. The molecule has 1 rings (SSSR count). The quantitative estimate of drug-likeness (QED) is 0.577. The highest BCUT2D eigenvalue weighted by molar-refractivity contribution is 5.75. The van der Waals surface area contributed by atoms with Gasteiger partial charge in [-0.15, -0.1) is 0 Å². The number of carbonyl (C=O) groups excluding carboxylic acids is 2. The molecule has 1 aliphatic rings. The van der Waals surface area contributed by atoms with Gasteiger partial charge in [-0.3, -0.25) is 9.59 Å². The zero-order chi connectivity index (χ0) is 9.14. The van der Waals surface area contributed by atoms with E-state index in [0.29, 0.717) is 6.61 Å². The Bertz CT molecular complexity index is 199. The molecule has 0 saturated heterocycles. The van der Waals surface area contributed by atoms with Crippen LogP contribution in [0.2, 0.25) is 0 Å². The maximum absolute atomic E-state index is 10.9. The van der Waals surface area contributed by atoms with Crippen LogP contribution in [0.5, 0.6) is 0 Å². The predicted octanol–water partition coefficient (Wildman–Crippen LogP) is 0.359. The van der Waals surface area contributed by atoms with Crippen molar-refractivity contribution in [1.82, 2.24) is 0 Å². The van der Waals surface area contributed by atoms with E-state index in [1.807, 2.05) is 0 Å². The summed E-state index contributed by atoms with van der Waals surface area (Å²) in [4.78, 5) is 21.3. The van der Waals surface area contributed by atoms with Crippen LogP contribution >= 0.6 is 0 Å². The van der Waals surface area contributed by atoms with Crippen LogP contribution in [-0.2, 0) is 19.1 Å². The van der Waals surface area contributed by atoms with Gasteiger partial charge in [-0.2, -0.15) is 0 Å². The Labute approximate surface area is 70.8 Å². The Hall–Kier alpha value is -1.06. The van der Waals surface area contributed by atoms with Crippen LogP contribution < -0.4 is 0 Å². The molecule has 0 amide bonds. The Balaban J connectivity index is 2.16. The summed E-state index contributed by atoms with van der Waals surface area (Å²) >= 11 is 0. The molecule has 0 N–H and O–H groups in total. The van der Waals surface area contributed by atoms with Crippen LogP contribution in [0.3, 0.4) is 0 Å². The molecule has 0 aromatic carbocycles. The second-order valence-corrected chi connectivity index (χ2v) is 2.93. The molecule has 68 valence electrons. The largest absolute Gasteiger partial charge is 0.469 e. The third kappa shape index (κ3) is 2.22. The molecule has 12 heavy (non-hydrogen) atoms. The van der Waals surface area contributed by atoms with Crippen molar-refractivity contribution in [3.8, 4) is 0 Å². The number of methoxy groups -OCH3 is 1. The van der Waals surface area contributed by atoms with E-state index in [1.165, 1.54) is 14.0 Å². The van der Waals surface area contributed by atoms with Gasteiger partial charge in [0.15, 0.2) is 0 Å². The molecular formula is C8H12O4. The average molecular weight is 172 g/mol. The van der Waals surface area contributed by atoms with E-state index < -0.39 is 0 Å². The minimum absolute atomic E-state index is 0.0469. The molecule has 0 heterocycles. The lowest BCUT2D eigenvalue weighted by atomic mass is 10.3. The lowest BCUT2D eigenvalue weighted by molar-refractivity contribution is -0.145. The fraction of sp³-hybridized carbons (Fsp3) is 0.750. The molecule has 0 aliphatic heterocycles. The molecule has 0 spiro atoms. The molecule has 0 bridgehead atoms. The highest BCUT2D eigenvalue weighted by Crippen LogP contribution is 2.39. The fourth-order valence-corrected chi connectivity index (χ4v) is 1.10. The van der Waals surface area contributed by atoms with E-state index >= 15 is 0 Å². The lowest BCUT2D eigenvalue weighted by Gasteiger charge is -1.99. The summed E-state index contributed by atoms with van der Waals surface area (Å²) in [7, 11) is 1.36. The van der Waals surface area contributed by atoms with E-state index in [2.05, 4.69) is 4.74 Å². The molecule has 4 nitrogen and oxygen atoms in total. The molecule has 0 aromatic heterocycles. The van der Waals surface area contributed by atoms with E-state index in [0.717, 1.165) is 6.42 Å². The predicted molar refractivity (Wildman–Crippen MR) is 40.2 cm³/mol. The van der Waals surface area contributed by atoms with Crippen LogP contribution in [0, 0.1) is 11.8 Å². The number of hydrogen-bond acceptors (Lipinski definition) is 4. The van der Waals surface area contributed by atoms with Gasteiger partial charge in [-0.05, 0) is 6.42 Å². The van der Waals surface area contributed by atoms with Crippen LogP contribution in [0.4, 0.5) is 0 Å². The number of carbonyl (C=O) groups is 2. The maximum Gasteiger partial charge on any atom is 0.309 e. The number of hydrogen-bond donors (Lipinski definition) is 0. The van der Waals surface area contributed by atoms with Crippen molar-refractivity contribution >= 4 is 11.9 Å². The van der Waals surface area contributed by atoms with Crippen molar-refractivity contribution in [2.45, 2.75) is 13.3 Å². The second-order valence-electron chi connectivity index (χ2n) is 2.93. The zero-order valence-corrected chi connectivity index (χ0v) is 7.20. The third-order valence-corrected chi connectivity index (χ3v) is 1.93. The molecule has 0 aromatic rings. The normalized spacial score (nSPS) is 26.2. The Morgan fingerprint density at radius 2 is 2.17 bits per heavy atom. The van der Waals surface area contributed by atoms with E-state index in [-0.39, 0.29) is 23.8 Å². The van der Waals surface area contributed by atoms with Gasteiger partial charge >= 0.3 is 11.9 Å². The van der Waals surface area contributed by atoms with Crippen LogP contribution in [0.1, 0.15) is 13.3 Å². The molecule has 1 saturated carbocycles. The fourth-order valence-electron chi connectivity index (χ4n) is 1.10.